The Morgan fingerprint density at radius 1 is 1.00 bits per heavy atom. The predicted octanol–water partition coefficient (Wildman–Crippen LogP) is 3.25. The second-order valence-corrected chi connectivity index (χ2v) is 10.9. The molecule has 0 aromatic heterocycles. The second-order valence-electron chi connectivity index (χ2n) is 7.11. The molecular weight excluding hydrogens is 424 g/mol. The van der Waals surface area contributed by atoms with E-state index in [1.807, 2.05) is 24.3 Å². The third-order valence-electron chi connectivity index (χ3n) is 5.46. The number of nitrogens with zero attached hydrogens (tertiary/aromatic N) is 2. The van der Waals surface area contributed by atoms with Crippen molar-refractivity contribution in [1.82, 2.24) is 8.61 Å². The van der Waals surface area contributed by atoms with Crippen LogP contribution in [0.3, 0.4) is 0 Å². The van der Waals surface area contributed by atoms with Gasteiger partial charge in [-0.05, 0) is 54.8 Å². The Bertz CT molecular complexity index is 1080. The quantitative estimate of drug-likeness (QED) is 0.614. The summed E-state index contributed by atoms with van der Waals surface area (Å²) in [7, 11) is -5.82. The molecule has 1 atom stereocenters. The van der Waals surface area contributed by atoms with Gasteiger partial charge in [0.25, 0.3) is 0 Å². The largest absolute Gasteiger partial charge is 0.497 e. The van der Waals surface area contributed by atoms with Gasteiger partial charge < -0.3 is 4.74 Å². The van der Waals surface area contributed by atoms with Crippen LogP contribution in [0.1, 0.15) is 38.3 Å². The molecule has 1 fully saturated rings. The van der Waals surface area contributed by atoms with Crippen LogP contribution in [0, 0.1) is 0 Å². The summed E-state index contributed by atoms with van der Waals surface area (Å²) in [6.45, 7) is 4.67. The zero-order valence-electron chi connectivity index (χ0n) is 17.5. The summed E-state index contributed by atoms with van der Waals surface area (Å²) >= 11 is 0. The summed E-state index contributed by atoms with van der Waals surface area (Å²) < 4.78 is 60.1. The lowest BCUT2D eigenvalue weighted by Gasteiger charge is -2.25. The van der Waals surface area contributed by atoms with E-state index in [-0.39, 0.29) is 15.8 Å². The van der Waals surface area contributed by atoms with Crippen molar-refractivity contribution in [2.75, 3.05) is 26.7 Å². The van der Waals surface area contributed by atoms with Crippen molar-refractivity contribution in [1.29, 1.82) is 0 Å². The Kier molecular flexibility index (Phi) is 6.86. The van der Waals surface area contributed by atoms with Crippen LogP contribution in [0.5, 0.6) is 5.75 Å². The summed E-state index contributed by atoms with van der Waals surface area (Å²) in [4.78, 5) is 0.187. The maximum Gasteiger partial charge on any atom is 0.243 e. The Morgan fingerprint density at radius 2 is 1.63 bits per heavy atom. The average Bonchev–Trinajstić information content (AvgIpc) is 3.25. The molecule has 0 amide bonds. The van der Waals surface area contributed by atoms with E-state index < -0.39 is 20.0 Å². The van der Waals surface area contributed by atoms with E-state index in [1.54, 1.807) is 21.0 Å². The van der Waals surface area contributed by atoms with Crippen LogP contribution < -0.4 is 4.74 Å². The minimum absolute atomic E-state index is 0.0933. The molecule has 1 unspecified atom stereocenters. The third kappa shape index (κ3) is 4.25. The van der Waals surface area contributed by atoms with Crippen molar-refractivity contribution < 1.29 is 21.6 Å². The Hall–Kier alpha value is -1.94. The number of ether oxygens (including phenoxy) is 1. The van der Waals surface area contributed by atoms with Crippen molar-refractivity contribution in [3.63, 3.8) is 0 Å². The molecule has 0 radical (unpaired) electrons. The zero-order chi connectivity index (χ0) is 21.9. The van der Waals surface area contributed by atoms with Crippen molar-refractivity contribution in [3.05, 3.63) is 54.1 Å². The van der Waals surface area contributed by atoms with Crippen LogP contribution in [-0.2, 0) is 20.0 Å². The van der Waals surface area contributed by atoms with E-state index in [0.717, 1.165) is 18.4 Å². The van der Waals surface area contributed by atoms with Crippen LogP contribution in [0.2, 0.25) is 0 Å². The molecular formula is C21H28N2O5S2. The molecule has 0 N–H and O–H groups in total. The minimum Gasteiger partial charge on any atom is -0.497 e. The van der Waals surface area contributed by atoms with Gasteiger partial charge in [-0.2, -0.15) is 8.61 Å². The van der Waals surface area contributed by atoms with Crippen LogP contribution in [0.15, 0.2) is 58.3 Å². The lowest BCUT2D eigenvalue weighted by molar-refractivity contribution is 0.390. The SMILES string of the molecule is CCN(CC)S(=O)(=O)c1ccc(S(=O)(=O)N2CCCC2c2cccc(OC)c2)cc1. The highest BCUT2D eigenvalue weighted by Crippen LogP contribution is 2.37. The minimum atomic E-state index is -3.77. The van der Waals surface area contributed by atoms with Gasteiger partial charge in [0, 0.05) is 19.6 Å². The lowest BCUT2D eigenvalue weighted by Crippen LogP contribution is -2.31. The molecule has 9 heteroatoms. The summed E-state index contributed by atoms with van der Waals surface area (Å²) in [5.41, 5.74) is 0.885. The molecule has 1 heterocycles. The van der Waals surface area contributed by atoms with Crippen molar-refractivity contribution in [3.8, 4) is 5.75 Å². The third-order valence-corrected chi connectivity index (χ3v) is 9.44. The summed E-state index contributed by atoms with van der Waals surface area (Å²) in [5.74, 6) is 0.683. The fourth-order valence-electron chi connectivity index (χ4n) is 3.84. The molecule has 0 spiro atoms. The fraction of sp³-hybridized carbons (Fsp3) is 0.429. The number of benzene rings is 2. The van der Waals surface area contributed by atoms with E-state index in [2.05, 4.69) is 0 Å². The Labute approximate surface area is 179 Å². The smallest absolute Gasteiger partial charge is 0.243 e. The molecule has 1 aliphatic heterocycles. The first kappa shape index (κ1) is 22.7. The molecule has 0 aliphatic carbocycles. The fourth-order valence-corrected chi connectivity index (χ4v) is 6.98. The molecule has 30 heavy (non-hydrogen) atoms. The standard InChI is InChI=1S/C21H28N2O5S2/c1-4-22(5-2)29(24,25)19-11-13-20(14-12-19)30(26,27)23-15-7-10-21(23)17-8-6-9-18(16-17)28-3/h6,8-9,11-14,16,21H,4-5,7,10,15H2,1-3H3. The maximum atomic E-state index is 13.3. The van der Waals surface area contributed by atoms with Crippen LogP contribution in [-0.4, -0.2) is 52.2 Å². The van der Waals surface area contributed by atoms with Crippen molar-refractivity contribution in [2.24, 2.45) is 0 Å². The maximum absolute atomic E-state index is 13.3. The van der Waals surface area contributed by atoms with E-state index in [4.69, 9.17) is 4.74 Å². The normalized spacial score (nSPS) is 18.1. The van der Waals surface area contributed by atoms with Crippen LogP contribution >= 0.6 is 0 Å². The van der Waals surface area contributed by atoms with E-state index >= 15 is 0 Å². The first-order valence-corrected chi connectivity index (χ1v) is 12.9. The molecule has 1 saturated heterocycles. The first-order valence-electron chi connectivity index (χ1n) is 10.0. The van der Waals surface area contributed by atoms with Gasteiger partial charge in [-0.1, -0.05) is 26.0 Å². The van der Waals surface area contributed by atoms with Gasteiger partial charge in [-0.3, -0.25) is 0 Å². The Balaban J connectivity index is 1.91. The van der Waals surface area contributed by atoms with Gasteiger partial charge in [0.1, 0.15) is 5.75 Å². The Morgan fingerprint density at radius 3 is 2.23 bits per heavy atom. The highest BCUT2D eigenvalue weighted by molar-refractivity contribution is 7.89. The van der Waals surface area contributed by atoms with Gasteiger partial charge >= 0.3 is 0 Å². The van der Waals surface area contributed by atoms with Gasteiger partial charge in [0.15, 0.2) is 0 Å². The predicted molar refractivity (Wildman–Crippen MR) is 115 cm³/mol. The van der Waals surface area contributed by atoms with Crippen LogP contribution in [0.25, 0.3) is 0 Å². The van der Waals surface area contributed by atoms with Gasteiger partial charge in [-0.15, -0.1) is 0 Å². The molecule has 2 aromatic rings. The number of methoxy groups -OCH3 is 1. The highest BCUT2D eigenvalue weighted by Gasteiger charge is 2.36. The number of rotatable bonds is 8. The van der Waals surface area contributed by atoms with Crippen molar-refractivity contribution in [2.45, 2.75) is 42.5 Å². The second kappa shape index (κ2) is 9.05. The average molecular weight is 453 g/mol. The molecule has 164 valence electrons. The van der Waals surface area contributed by atoms with Crippen molar-refractivity contribution >= 4 is 20.0 Å². The summed E-state index contributed by atoms with van der Waals surface area (Å²) in [6.07, 6.45) is 1.48. The number of sulfonamides is 2. The molecule has 2 aromatic carbocycles. The molecule has 7 nitrogen and oxygen atoms in total. The van der Waals surface area contributed by atoms with E-state index in [9.17, 15) is 16.8 Å². The molecule has 3 rings (SSSR count). The van der Waals surface area contributed by atoms with E-state index in [0.29, 0.717) is 25.4 Å². The van der Waals surface area contributed by atoms with Gasteiger partial charge in [0.05, 0.1) is 22.9 Å². The molecule has 0 saturated carbocycles. The molecule has 0 bridgehead atoms. The monoisotopic (exact) mass is 452 g/mol. The first-order chi connectivity index (χ1) is 14.2. The molecule has 1 aliphatic rings. The van der Waals surface area contributed by atoms with Crippen LogP contribution in [0.4, 0.5) is 0 Å². The summed E-state index contributed by atoms with van der Waals surface area (Å²) in [6, 6.07) is 12.7. The van der Waals surface area contributed by atoms with Gasteiger partial charge in [0.2, 0.25) is 20.0 Å². The summed E-state index contributed by atoms with van der Waals surface area (Å²) in [5, 5.41) is 0. The topological polar surface area (TPSA) is 84.0 Å². The lowest BCUT2D eigenvalue weighted by atomic mass is 10.1. The van der Waals surface area contributed by atoms with E-state index in [1.165, 1.54) is 32.9 Å². The zero-order valence-corrected chi connectivity index (χ0v) is 19.1. The number of hydrogen-bond acceptors (Lipinski definition) is 5. The number of hydrogen-bond donors (Lipinski definition) is 0. The van der Waals surface area contributed by atoms with Gasteiger partial charge in [-0.25, -0.2) is 16.8 Å². The highest BCUT2D eigenvalue weighted by atomic mass is 32.2.